The van der Waals surface area contributed by atoms with E-state index in [9.17, 15) is 5.11 Å². The Kier molecular flexibility index (Phi) is 2.46. The van der Waals surface area contributed by atoms with Gasteiger partial charge in [-0.3, -0.25) is 0 Å². The highest BCUT2D eigenvalue weighted by atomic mass is 16.3. The van der Waals surface area contributed by atoms with Crippen molar-refractivity contribution in [1.29, 1.82) is 0 Å². The van der Waals surface area contributed by atoms with Crippen LogP contribution in [0.4, 0.5) is 0 Å². The minimum atomic E-state index is 0.319. The first-order valence-electron chi connectivity index (χ1n) is 5.22. The second-order valence-corrected chi connectivity index (χ2v) is 4.33. The molecule has 1 aliphatic rings. The number of nitrogens with two attached hydrogens (primary N) is 1. The van der Waals surface area contributed by atoms with Crippen LogP contribution >= 0.6 is 0 Å². The number of phenols is 1. The van der Waals surface area contributed by atoms with E-state index in [1.807, 2.05) is 6.07 Å². The summed E-state index contributed by atoms with van der Waals surface area (Å²) in [5.74, 6) is 0.889. The van der Waals surface area contributed by atoms with Crippen LogP contribution in [0.5, 0.6) is 5.75 Å². The van der Waals surface area contributed by atoms with Crippen LogP contribution in [0.3, 0.4) is 0 Å². The molecule has 0 spiro atoms. The van der Waals surface area contributed by atoms with Crippen molar-refractivity contribution in [1.82, 2.24) is 0 Å². The average Bonchev–Trinajstić information content (AvgIpc) is 2.56. The van der Waals surface area contributed by atoms with Crippen LogP contribution in [-0.2, 0) is 0 Å². The predicted octanol–water partition coefficient (Wildman–Crippen LogP) is 2.30. The minimum Gasteiger partial charge on any atom is -0.508 e. The van der Waals surface area contributed by atoms with Gasteiger partial charge >= 0.3 is 0 Å². The monoisotopic (exact) mass is 191 g/mol. The lowest BCUT2D eigenvalue weighted by atomic mass is 9.95. The molecule has 1 fully saturated rings. The summed E-state index contributed by atoms with van der Waals surface area (Å²) >= 11 is 0. The molecule has 0 saturated heterocycles. The summed E-state index contributed by atoms with van der Waals surface area (Å²) < 4.78 is 0. The Morgan fingerprint density at radius 2 is 2.14 bits per heavy atom. The molecule has 76 valence electrons. The first-order chi connectivity index (χ1) is 6.66. The number of aryl methyl sites for hydroxylation is 1. The van der Waals surface area contributed by atoms with Gasteiger partial charge in [-0.2, -0.15) is 0 Å². The van der Waals surface area contributed by atoms with E-state index >= 15 is 0 Å². The molecule has 2 heteroatoms. The summed E-state index contributed by atoms with van der Waals surface area (Å²) in [6, 6.07) is 6.13. The largest absolute Gasteiger partial charge is 0.508 e. The molecule has 3 N–H and O–H groups in total. The summed E-state index contributed by atoms with van der Waals surface area (Å²) in [7, 11) is 0. The lowest BCUT2D eigenvalue weighted by Crippen LogP contribution is -2.14. The second kappa shape index (κ2) is 3.62. The number of benzene rings is 1. The van der Waals surface area contributed by atoms with E-state index < -0.39 is 0 Å². The summed E-state index contributed by atoms with van der Waals surface area (Å²) in [5.41, 5.74) is 8.16. The van der Waals surface area contributed by atoms with Crippen molar-refractivity contribution in [2.45, 2.75) is 38.1 Å². The van der Waals surface area contributed by atoms with Gasteiger partial charge in [0.15, 0.2) is 0 Å². The maximum Gasteiger partial charge on any atom is 0.119 e. The zero-order valence-electron chi connectivity index (χ0n) is 8.53. The van der Waals surface area contributed by atoms with Crippen molar-refractivity contribution >= 4 is 0 Å². The molecule has 0 radical (unpaired) electrons. The fourth-order valence-electron chi connectivity index (χ4n) is 2.30. The lowest BCUT2D eigenvalue weighted by Gasteiger charge is -2.12. The SMILES string of the molecule is Cc1ccc(O)c(C2CCC(N)C2)c1. The van der Waals surface area contributed by atoms with Gasteiger partial charge in [0.2, 0.25) is 0 Å². The first-order valence-corrected chi connectivity index (χ1v) is 5.22. The molecular weight excluding hydrogens is 174 g/mol. The lowest BCUT2D eigenvalue weighted by molar-refractivity contribution is 0.460. The summed E-state index contributed by atoms with van der Waals surface area (Å²) in [6.07, 6.45) is 3.20. The molecule has 2 atom stereocenters. The van der Waals surface area contributed by atoms with Gasteiger partial charge in [0, 0.05) is 6.04 Å². The maximum atomic E-state index is 9.74. The molecule has 14 heavy (non-hydrogen) atoms. The van der Waals surface area contributed by atoms with Gasteiger partial charge in [-0.1, -0.05) is 17.7 Å². The molecule has 2 rings (SSSR count). The van der Waals surface area contributed by atoms with Crippen molar-refractivity contribution < 1.29 is 5.11 Å². The standard InChI is InChI=1S/C12H17NO/c1-8-2-5-12(14)11(6-8)9-3-4-10(13)7-9/h2,5-6,9-10,14H,3-4,7,13H2,1H3. The Balaban J connectivity index is 2.27. The Hall–Kier alpha value is -1.02. The fraction of sp³-hybridized carbons (Fsp3) is 0.500. The van der Waals surface area contributed by atoms with Crippen molar-refractivity contribution in [3.05, 3.63) is 29.3 Å². The molecule has 0 aromatic heterocycles. The fourth-order valence-corrected chi connectivity index (χ4v) is 2.30. The number of aromatic hydroxyl groups is 1. The van der Waals surface area contributed by atoms with E-state index in [-0.39, 0.29) is 0 Å². The Morgan fingerprint density at radius 3 is 2.79 bits per heavy atom. The second-order valence-electron chi connectivity index (χ2n) is 4.33. The molecule has 1 aromatic carbocycles. The third kappa shape index (κ3) is 1.75. The molecule has 0 heterocycles. The number of hydrogen-bond donors (Lipinski definition) is 2. The Morgan fingerprint density at radius 1 is 1.36 bits per heavy atom. The highest BCUT2D eigenvalue weighted by Crippen LogP contribution is 2.38. The smallest absolute Gasteiger partial charge is 0.119 e. The molecule has 0 bridgehead atoms. The van der Waals surface area contributed by atoms with E-state index in [1.54, 1.807) is 6.07 Å². The quantitative estimate of drug-likeness (QED) is 0.715. The van der Waals surface area contributed by atoms with Crippen molar-refractivity contribution in [2.75, 3.05) is 0 Å². The van der Waals surface area contributed by atoms with Crippen molar-refractivity contribution in [3.8, 4) is 5.75 Å². The number of rotatable bonds is 1. The normalized spacial score (nSPS) is 26.7. The molecule has 2 nitrogen and oxygen atoms in total. The third-order valence-electron chi connectivity index (χ3n) is 3.10. The maximum absolute atomic E-state index is 9.74. The molecular formula is C12H17NO. The van der Waals surface area contributed by atoms with Crippen LogP contribution in [0.1, 0.15) is 36.3 Å². The highest BCUT2D eigenvalue weighted by Gasteiger charge is 2.25. The number of phenolic OH excluding ortho intramolecular Hbond substituents is 1. The summed E-state index contributed by atoms with van der Waals surface area (Å²) in [6.45, 7) is 2.05. The van der Waals surface area contributed by atoms with Gasteiger partial charge in [-0.25, -0.2) is 0 Å². The Bertz CT molecular complexity index is 335. The van der Waals surface area contributed by atoms with Gasteiger partial charge in [0.25, 0.3) is 0 Å². The topological polar surface area (TPSA) is 46.2 Å². The first kappa shape index (κ1) is 9.53. The van der Waals surface area contributed by atoms with Gasteiger partial charge in [0.05, 0.1) is 0 Å². The summed E-state index contributed by atoms with van der Waals surface area (Å²) in [5, 5.41) is 9.74. The van der Waals surface area contributed by atoms with Crippen LogP contribution in [0.25, 0.3) is 0 Å². The average molecular weight is 191 g/mol. The van der Waals surface area contributed by atoms with Crippen LogP contribution in [0.15, 0.2) is 18.2 Å². The van der Waals surface area contributed by atoms with Crippen molar-refractivity contribution in [3.63, 3.8) is 0 Å². The van der Waals surface area contributed by atoms with Gasteiger partial charge in [-0.15, -0.1) is 0 Å². The van der Waals surface area contributed by atoms with Gasteiger partial charge in [0.1, 0.15) is 5.75 Å². The van der Waals surface area contributed by atoms with Gasteiger partial charge < -0.3 is 10.8 Å². The van der Waals surface area contributed by atoms with E-state index in [0.717, 1.165) is 24.8 Å². The molecule has 0 aliphatic heterocycles. The summed E-state index contributed by atoms with van der Waals surface area (Å²) in [4.78, 5) is 0. The third-order valence-corrected chi connectivity index (χ3v) is 3.10. The molecule has 2 unspecified atom stereocenters. The van der Waals surface area contributed by atoms with Crippen LogP contribution < -0.4 is 5.73 Å². The predicted molar refractivity (Wildman–Crippen MR) is 57.4 cm³/mol. The highest BCUT2D eigenvalue weighted by molar-refractivity contribution is 5.38. The minimum absolute atomic E-state index is 0.319. The van der Waals surface area contributed by atoms with Crippen molar-refractivity contribution in [2.24, 2.45) is 5.73 Å². The van der Waals surface area contributed by atoms with Crippen LogP contribution in [0, 0.1) is 6.92 Å². The molecule has 1 saturated carbocycles. The number of hydrogen-bond acceptors (Lipinski definition) is 2. The molecule has 1 aliphatic carbocycles. The van der Waals surface area contributed by atoms with Crippen LogP contribution in [0.2, 0.25) is 0 Å². The molecule has 1 aromatic rings. The van der Waals surface area contributed by atoms with E-state index in [4.69, 9.17) is 5.73 Å². The molecule has 0 amide bonds. The zero-order valence-corrected chi connectivity index (χ0v) is 8.53. The Labute approximate surface area is 84.7 Å². The van der Waals surface area contributed by atoms with Gasteiger partial charge in [-0.05, 0) is 43.7 Å². The van der Waals surface area contributed by atoms with E-state index in [0.29, 0.717) is 17.7 Å². The van der Waals surface area contributed by atoms with Crippen LogP contribution in [-0.4, -0.2) is 11.1 Å². The zero-order chi connectivity index (χ0) is 10.1. The van der Waals surface area contributed by atoms with E-state index in [2.05, 4.69) is 13.0 Å². The van der Waals surface area contributed by atoms with E-state index in [1.165, 1.54) is 5.56 Å².